The zero-order valence-electron chi connectivity index (χ0n) is 13.7. The normalized spacial score (nSPS) is 20.8. The molecule has 1 aliphatic carbocycles. The van der Waals surface area contributed by atoms with Crippen LogP contribution in [0.4, 0.5) is 0 Å². The van der Waals surface area contributed by atoms with Crippen molar-refractivity contribution in [3.8, 4) is 11.4 Å². The molecule has 1 atom stereocenters. The highest BCUT2D eigenvalue weighted by Gasteiger charge is 2.23. The number of H-pyrrole nitrogens is 1. The minimum atomic E-state index is 0.0000484. The molecule has 2 aromatic rings. The van der Waals surface area contributed by atoms with Crippen LogP contribution in [-0.2, 0) is 13.0 Å². The fourth-order valence-electron chi connectivity index (χ4n) is 3.67. The molecule has 0 spiro atoms. The third-order valence-electron chi connectivity index (χ3n) is 5.00. The number of hydrogen-bond donors (Lipinski definition) is 1. The lowest BCUT2D eigenvalue weighted by Gasteiger charge is -2.31. The van der Waals surface area contributed by atoms with Gasteiger partial charge in [-0.05, 0) is 37.3 Å². The zero-order chi connectivity index (χ0) is 16.4. The first kappa shape index (κ1) is 15.3. The highest BCUT2D eigenvalue weighted by Crippen LogP contribution is 2.23. The summed E-state index contributed by atoms with van der Waals surface area (Å²) in [5, 5.41) is 0. The quantitative estimate of drug-likeness (QED) is 0.882. The third kappa shape index (κ3) is 3.17. The van der Waals surface area contributed by atoms with Gasteiger partial charge in [-0.25, -0.2) is 4.98 Å². The molecule has 0 amide bonds. The van der Waals surface area contributed by atoms with Gasteiger partial charge in [-0.15, -0.1) is 0 Å². The maximum absolute atomic E-state index is 12.5. The molecule has 0 bridgehead atoms. The van der Waals surface area contributed by atoms with Gasteiger partial charge in [0, 0.05) is 44.0 Å². The van der Waals surface area contributed by atoms with Crippen molar-refractivity contribution in [2.24, 2.45) is 5.92 Å². The molecule has 3 heterocycles. The Labute approximate surface area is 141 Å². The van der Waals surface area contributed by atoms with Gasteiger partial charge in [0.05, 0.1) is 11.3 Å². The summed E-state index contributed by atoms with van der Waals surface area (Å²) in [4.78, 5) is 26.6. The molecule has 1 aliphatic heterocycles. The van der Waals surface area contributed by atoms with E-state index in [9.17, 15) is 4.79 Å². The lowest BCUT2D eigenvalue weighted by molar-refractivity contribution is 0.204. The Bertz CT molecular complexity index is 797. The standard InChI is InChI=1S/C19H22N4O/c24-19-16-13-23(12-14-4-2-1-3-5-14)11-8-17(16)21-18(22-19)15-6-9-20-10-7-15/h1-2,6-7,9-10,14H,3-5,8,11-13H2,(H,21,22,24)/t14-/m1/s1. The van der Waals surface area contributed by atoms with Gasteiger partial charge >= 0.3 is 0 Å². The third-order valence-corrected chi connectivity index (χ3v) is 5.00. The molecule has 0 unspecified atom stereocenters. The molecule has 0 radical (unpaired) electrons. The van der Waals surface area contributed by atoms with E-state index >= 15 is 0 Å². The average Bonchev–Trinajstić information content (AvgIpc) is 2.64. The predicted octanol–water partition coefficient (Wildman–Crippen LogP) is 2.55. The van der Waals surface area contributed by atoms with Gasteiger partial charge < -0.3 is 4.98 Å². The number of pyridine rings is 1. The Hall–Kier alpha value is -2.27. The Morgan fingerprint density at radius 1 is 1.25 bits per heavy atom. The van der Waals surface area contributed by atoms with Gasteiger partial charge in [0.2, 0.25) is 0 Å². The summed E-state index contributed by atoms with van der Waals surface area (Å²) < 4.78 is 0. The summed E-state index contributed by atoms with van der Waals surface area (Å²) in [5.74, 6) is 1.37. The minimum absolute atomic E-state index is 0.0000484. The molecule has 5 heteroatoms. The van der Waals surface area contributed by atoms with E-state index in [1.54, 1.807) is 12.4 Å². The van der Waals surface area contributed by atoms with Crippen LogP contribution >= 0.6 is 0 Å². The highest BCUT2D eigenvalue weighted by molar-refractivity contribution is 5.54. The lowest BCUT2D eigenvalue weighted by atomic mass is 9.93. The van der Waals surface area contributed by atoms with Crippen molar-refractivity contribution in [2.45, 2.75) is 32.2 Å². The fraction of sp³-hybridized carbons (Fsp3) is 0.421. The van der Waals surface area contributed by atoms with Crippen molar-refractivity contribution in [3.05, 3.63) is 58.3 Å². The molecule has 0 saturated carbocycles. The van der Waals surface area contributed by atoms with E-state index in [1.165, 1.54) is 19.3 Å². The average molecular weight is 322 g/mol. The molecule has 24 heavy (non-hydrogen) atoms. The molecule has 1 N–H and O–H groups in total. The van der Waals surface area contributed by atoms with Gasteiger partial charge in [0.15, 0.2) is 0 Å². The molecule has 124 valence electrons. The van der Waals surface area contributed by atoms with Crippen LogP contribution in [0, 0.1) is 5.92 Å². The molecule has 4 rings (SSSR count). The van der Waals surface area contributed by atoms with Crippen molar-refractivity contribution in [3.63, 3.8) is 0 Å². The summed E-state index contributed by atoms with van der Waals surface area (Å²) in [6.07, 6.45) is 12.5. The monoisotopic (exact) mass is 322 g/mol. The Morgan fingerprint density at radius 3 is 2.92 bits per heavy atom. The molecular weight excluding hydrogens is 300 g/mol. The van der Waals surface area contributed by atoms with Crippen molar-refractivity contribution >= 4 is 0 Å². The zero-order valence-corrected chi connectivity index (χ0v) is 13.7. The van der Waals surface area contributed by atoms with Gasteiger partial charge in [0.25, 0.3) is 5.56 Å². The smallest absolute Gasteiger partial charge is 0.255 e. The molecule has 2 aliphatic rings. The second kappa shape index (κ2) is 6.69. The first-order chi connectivity index (χ1) is 11.8. The van der Waals surface area contributed by atoms with E-state index in [1.807, 2.05) is 12.1 Å². The SMILES string of the molecule is O=c1[nH]c(-c2ccncc2)nc2c1CN(C[C@@H]1CC=CCC1)CC2. The van der Waals surface area contributed by atoms with Crippen LogP contribution in [0.25, 0.3) is 11.4 Å². The number of nitrogens with one attached hydrogen (secondary N) is 1. The number of fused-ring (bicyclic) bond motifs is 1. The van der Waals surface area contributed by atoms with Gasteiger partial charge in [-0.1, -0.05) is 12.2 Å². The minimum Gasteiger partial charge on any atom is -0.306 e. The van der Waals surface area contributed by atoms with Crippen molar-refractivity contribution < 1.29 is 0 Å². The van der Waals surface area contributed by atoms with E-state index in [2.05, 4.69) is 27.0 Å². The molecule has 0 saturated heterocycles. The first-order valence-corrected chi connectivity index (χ1v) is 8.69. The second-order valence-electron chi connectivity index (χ2n) is 6.71. The molecule has 0 fully saturated rings. The van der Waals surface area contributed by atoms with Crippen LogP contribution < -0.4 is 5.56 Å². The number of allylic oxidation sites excluding steroid dienone is 2. The van der Waals surface area contributed by atoms with Crippen LogP contribution in [0.5, 0.6) is 0 Å². The number of rotatable bonds is 3. The van der Waals surface area contributed by atoms with Crippen molar-refractivity contribution in [2.75, 3.05) is 13.1 Å². The molecular formula is C19H22N4O. The van der Waals surface area contributed by atoms with Gasteiger partial charge in [0.1, 0.15) is 5.82 Å². The maximum atomic E-state index is 12.5. The Morgan fingerprint density at radius 2 is 2.12 bits per heavy atom. The summed E-state index contributed by atoms with van der Waals surface area (Å²) in [5.41, 5.74) is 2.69. The largest absolute Gasteiger partial charge is 0.306 e. The van der Waals surface area contributed by atoms with E-state index < -0.39 is 0 Å². The number of hydrogen-bond acceptors (Lipinski definition) is 4. The van der Waals surface area contributed by atoms with Gasteiger partial charge in [-0.3, -0.25) is 14.7 Å². The van der Waals surface area contributed by atoms with Crippen LogP contribution in [0.1, 0.15) is 30.5 Å². The lowest BCUT2D eigenvalue weighted by Crippen LogP contribution is -2.38. The van der Waals surface area contributed by atoms with Crippen LogP contribution in [0.15, 0.2) is 41.5 Å². The number of nitrogens with zero attached hydrogens (tertiary/aromatic N) is 3. The van der Waals surface area contributed by atoms with E-state index in [0.717, 1.165) is 42.2 Å². The summed E-state index contributed by atoms with van der Waals surface area (Å²) in [6.45, 7) is 2.78. The number of aromatic nitrogens is 3. The topological polar surface area (TPSA) is 61.9 Å². The predicted molar refractivity (Wildman–Crippen MR) is 93.6 cm³/mol. The van der Waals surface area contributed by atoms with Crippen molar-refractivity contribution in [1.82, 2.24) is 19.9 Å². The fourth-order valence-corrected chi connectivity index (χ4v) is 3.67. The first-order valence-electron chi connectivity index (χ1n) is 8.69. The van der Waals surface area contributed by atoms with Crippen molar-refractivity contribution in [1.29, 1.82) is 0 Å². The molecule has 2 aromatic heterocycles. The highest BCUT2D eigenvalue weighted by atomic mass is 16.1. The van der Waals surface area contributed by atoms with E-state index in [4.69, 9.17) is 4.98 Å². The summed E-state index contributed by atoms with van der Waals surface area (Å²) >= 11 is 0. The van der Waals surface area contributed by atoms with E-state index in [0.29, 0.717) is 12.4 Å². The Kier molecular flexibility index (Phi) is 4.26. The summed E-state index contributed by atoms with van der Waals surface area (Å²) in [7, 11) is 0. The van der Waals surface area contributed by atoms with Crippen LogP contribution in [0.2, 0.25) is 0 Å². The number of aromatic amines is 1. The maximum Gasteiger partial charge on any atom is 0.255 e. The second-order valence-corrected chi connectivity index (χ2v) is 6.71. The van der Waals surface area contributed by atoms with Crippen LogP contribution in [-0.4, -0.2) is 32.9 Å². The molecule has 5 nitrogen and oxygen atoms in total. The van der Waals surface area contributed by atoms with E-state index in [-0.39, 0.29) is 5.56 Å². The van der Waals surface area contributed by atoms with Crippen LogP contribution in [0.3, 0.4) is 0 Å². The molecule has 0 aromatic carbocycles. The Balaban J connectivity index is 1.54. The summed E-state index contributed by atoms with van der Waals surface area (Å²) in [6, 6.07) is 3.74. The van der Waals surface area contributed by atoms with Gasteiger partial charge in [-0.2, -0.15) is 0 Å².